The number of phenolic OH excluding ortho intramolecular Hbond substituents is 1. The van der Waals surface area contributed by atoms with Crippen LogP contribution in [-0.4, -0.2) is 22.0 Å². The molecule has 0 radical (unpaired) electrons. The SMILES string of the molecule is CC(C)NC(=O)Cc1cc2cc(O)ccc2nc1-c1ccc(F)c(Cl)c1. The lowest BCUT2D eigenvalue weighted by Crippen LogP contribution is -2.31. The molecule has 1 aromatic heterocycles. The van der Waals surface area contributed by atoms with Crippen molar-refractivity contribution in [3.05, 3.63) is 58.9 Å². The van der Waals surface area contributed by atoms with Crippen LogP contribution in [0, 0.1) is 5.82 Å². The maximum Gasteiger partial charge on any atom is 0.224 e. The first kappa shape index (κ1) is 18.1. The van der Waals surface area contributed by atoms with Gasteiger partial charge in [-0.2, -0.15) is 0 Å². The molecule has 0 unspecified atom stereocenters. The molecule has 0 fully saturated rings. The summed E-state index contributed by atoms with van der Waals surface area (Å²) in [5, 5.41) is 13.3. The molecule has 0 atom stereocenters. The van der Waals surface area contributed by atoms with Gasteiger partial charge < -0.3 is 10.4 Å². The number of phenols is 1. The minimum atomic E-state index is -0.514. The van der Waals surface area contributed by atoms with Gasteiger partial charge in [-0.15, -0.1) is 0 Å². The van der Waals surface area contributed by atoms with E-state index in [2.05, 4.69) is 10.3 Å². The fourth-order valence-corrected chi connectivity index (χ4v) is 2.96. The minimum absolute atomic E-state index is 0.00677. The second-order valence-corrected chi connectivity index (χ2v) is 6.81. The third-order valence-electron chi connectivity index (χ3n) is 3.87. The minimum Gasteiger partial charge on any atom is -0.508 e. The third kappa shape index (κ3) is 3.94. The summed E-state index contributed by atoms with van der Waals surface area (Å²) < 4.78 is 13.5. The highest BCUT2D eigenvalue weighted by atomic mass is 35.5. The molecule has 2 N–H and O–H groups in total. The summed E-state index contributed by atoms with van der Waals surface area (Å²) >= 11 is 5.91. The van der Waals surface area contributed by atoms with E-state index in [0.29, 0.717) is 27.7 Å². The topological polar surface area (TPSA) is 62.2 Å². The molecule has 0 saturated heterocycles. The van der Waals surface area contributed by atoms with Crippen LogP contribution in [0.2, 0.25) is 5.02 Å². The van der Waals surface area contributed by atoms with Gasteiger partial charge in [-0.05, 0) is 61.9 Å². The van der Waals surface area contributed by atoms with E-state index < -0.39 is 5.82 Å². The van der Waals surface area contributed by atoms with Crippen molar-refractivity contribution in [3.8, 4) is 17.0 Å². The molecule has 0 spiro atoms. The lowest BCUT2D eigenvalue weighted by atomic mass is 10.0. The first-order valence-corrected chi connectivity index (χ1v) is 8.58. The lowest BCUT2D eigenvalue weighted by Gasteiger charge is -2.13. The average Bonchev–Trinajstić information content (AvgIpc) is 2.56. The summed E-state index contributed by atoms with van der Waals surface area (Å²) in [5.74, 6) is -0.537. The van der Waals surface area contributed by atoms with Crippen LogP contribution in [0.15, 0.2) is 42.5 Å². The van der Waals surface area contributed by atoms with Gasteiger partial charge in [0.2, 0.25) is 5.91 Å². The number of benzene rings is 2. The predicted octanol–water partition coefficient (Wildman–Crippen LogP) is 4.47. The molecule has 4 nitrogen and oxygen atoms in total. The predicted molar refractivity (Wildman–Crippen MR) is 101 cm³/mol. The van der Waals surface area contributed by atoms with E-state index in [1.807, 2.05) is 19.9 Å². The van der Waals surface area contributed by atoms with Crippen molar-refractivity contribution in [2.75, 3.05) is 0 Å². The van der Waals surface area contributed by atoms with Crippen LogP contribution in [0.5, 0.6) is 5.75 Å². The Hall–Kier alpha value is -2.66. The van der Waals surface area contributed by atoms with Gasteiger partial charge in [0.05, 0.1) is 22.7 Å². The Morgan fingerprint density at radius 3 is 2.69 bits per heavy atom. The van der Waals surface area contributed by atoms with Crippen LogP contribution in [-0.2, 0) is 11.2 Å². The van der Waals surface area contributed by atoms with E-state index in [0.717, 1.165) is 0 Å². The normalized spacial score (nSPS) is 11.1. The van der Waals surface area contributed by atoms with E-state index in [-0.39, 0.29) is 29.1 Å². The number of carbonyl (C=O) groups is 1. The molecule has 0 aliphatic rings. The summed E-state index contributed by atoms with van der Waals surface area (Å²) in [6.45, 7) is 3.77. The zero-order chi connectivity index (χ0) is 18.8. The Labute approximate surface area is 155 Å². The molecular formula is C20H18ClFN2O2. The zero-order valence-electron chi connectivity index (χ0n) is 14.4. The van der Waals surface area contributed by atoms with Gasteiger partial charge in [0, 0.05) is 17.0 Å². The van der Waals surface area contributed by atoms with Crippen LogP contribution in [0.1, 0.15) is 19.4 Å². The van der Waals surface area contributed by atoms with Crippen molar-refractivity contribution < 1.29 is 14.3 Å². The Morgan fingerprint density at radius 2 is 2.00 bits per heavy atom. The van der Waals surface area contributed by atoms with E-state index in [4.69, 9.17) is 11.6 Å². The van der Waals surface area contributed by atoms with Crippen molar-refractivity contribution in [3.63, 3.8) is 0 Å². The van der Waals surface area contributed by atoms with E-state index in [1.165, 1.54) is 12.1 Å². The number of hydrogen-bond acceptors (Lipinski definition) is 3. The standard InChI is InChI=1S/C20H18ClFN2O2/c1-11(2)23-19(26)10-14-7-13-8-15(25)4-6-18(13)24-20(14)12-3-5-17(22)16(21)9-12/h3-9,11,25H,10H2,1-2H3,(H,23,26). The molecule has 0 saturated carbocycles. The molecule has 2 aromatic carbocycles. The Kier molecular flexibility index (Phi) is 5.09. The number of pyridine rings is 1. The molecule has 3 rings (SSSR count). The highest BCUT2D eigenvalue weighted by Crippen LogP contribution is 2.30. The summed E-state index contributed by atoms with van der Waals surface area (Å²) in [5.41, 5.74) is 2.51. The number of nitrogens with zero attached hydrogens (tertiary/aromatic N) is 1. The molecular weight excluding hydrogens is 355 g/mol. The fourth-order valence-electron chi connectivity index (χ4n) is 2.78. The Balaban J connectivity index is 2.14. The van der Waals surface area contributed by atoms with E-state index in [9.17, 15) is 14.3 Å². The van der Waals surface area contributed by atoms with Gasteiger partial charge >= 0.3 is 0 Å². The molecule has 6 heteroatoms. The molecule has 26 heavy (non-hydrogen) atoms. The first-order valence-electron chi connectivity index (χ1n) is 8.21. The second-order valence-electron chi connectivity index (χ2n) is 6.40. The van der Waals surface area contributed by atoms with Crippen molar-refractivity contribution in [1.29, 1.82) is 0 Å². The molecule has 0 bridgehead atoms. The number of halogens is 2. The molecule has 0 aliphatic carbocycles. The zero-order valence-corrected chi connectivity index (χ0v) is 15.1. The summed E-state index contributed by atoms with van der Waals surface area (Å²) in [7, 11) is 0. The number of aromatic hydroxyl groups is 1. The monoisotopic (exact) mass is 372 g/mol. The summed E-state index contributed by atoms with van der Waals surface area (Å²) in [6.07, 6.45) is 0.112. The third-order valence-corrected chi connectivity index (χ3v) is 4.16. The van der Waals surface area contributed by atoms with Gasteiger partial charge in [0.25, 0.3) is 0 Å². The number of hydrogen-bond donors (Lipinski definition) is 2. The van der Waals surface area contributed by atoms with Crippen LogP contribution < -0.4 is 5.32 Å². The highest BCUT2D eigenvalue weighted by molar-refractivity contribution is 6.31. The molecule has 1 amide bonds. The van der Waals surface area contributed by atoms with Crippen molar-refractivity contribution >= 4 is 28.4 Å². The first-order chi connectivity index (χ1) is 12.3. The van der Waals surface area contributed by atoms with Gasteiger partial charge in [-0.1, -0.05) is 11.6 Å². The lowest BCUT2D eigenvalue weighted by molar-refractivity contribution is -0.120. The Morgan fingerprint density at radius 1 is 1.23 bits per heavy atom. The second kappa shape index (κ2) is 7.30. The number of aromatic nitrogens is 1. The molecule has 3 aromatic rings. The number of carbonyl (C=O) groups excluding carboxylic acids is 1. The number of rotatable bonds is 4. The van der Waals surface area contributed by atoms with Gasteiger partial charge in [-0.25, -0.2) is 9.37 Å². The maximum absolute atomic E-state index is 13.5. The molecule has 0 aliphatic heterocycles. The average molecular weight is 373 g/mol. The van der Waals surface area contributed by atoms with E-state index >= 15 is 0 Å². The van der Waals surface area contributed by atoms with Crippen LogP contribution in [0.4, 0.5) is 4.39 Å². The highest BCUT2D eigenvalue weighted by Gasteiger charge is 2.15. The molecule has 134 valence electrons. The number of amides is 1. The van der Waals surface area contributed by atoms with Gasteiger partial charge in [0.15, 0.2) is 0 Å². The molecule has 1 heterocycles. The number of fused-ring (bicyclic) bond motifs is 1. The van der Waals surface area contributed by atoms with Gasteiger partial charge in [-0.3, -0.25) is 4.79 Å². The largest absolute Gasteiger partial charge is 0.508 e. The van der Waals surface area contributed by atoms with Gasteiger partial charge in [0.1, 0.15) is 11.6 Å². The number of nitrogens with one attached hydrogen (secondary N) is 1. The quantitative estimate of drug-likeness (QED) is 0.710. The Bertz CT molecular complexity index is 989. The van der Waals surface area contributed by atoms with E-state index in [1.54, 1.807) is 24.3 Å². The smallest absolute Gasteiger partial charge is 0.224 e. The summed E-state index contributed by atoms with van der Waals surface area (Å²) in [6, 6.07) is 11.0. The van der Waals surface area contributed by atoms with Crippen LogP contribution in [0.3, 0.4) is 0 Å². The van der Waals surface area contributed by atoms with Crippen molar-refractivity contribution in [2.24, 2.45) is 0 Å². The van der Waals surface area contributed by atoms with Crippen molar-refractivity contribution in [2.45, 2.75) is 26.3 Å². The fraction of sp³-hybridized carbons (Fsp3) is 0.200. The summed E-state index contributed by atoms with van der Waals surface area (Å²) in [4.78, 5) is 16.9. The van der Waals surface area contributed by atoms with Crippen LogP contribution in [0.25, 0.3) is 22.2 Å². The maximum atomic E-state index is 13.5. The van der Waals surface area contributed by atoms with Crippen LogP contribution >= 0.6 is 11.6 Å². The van der Waals surface area contributed by atoms with Crippen molar-refractivity contribution in [1.82, 2.24) is 10.3 Å².